The highest BCUT2D eigenvalue weighted by Crippen LogP contribution is 2.21. The van der Waals surface area contributed by atoms with Gasteiger partial charge in [-0.15, -0.1) is 0 Å². The Balaban J connectivity index is 2.19. The van der Waals surface area contributed by atoms with Gasteiger partial charge in [0.1, 0.15) is 11.6 Å². The summed E-state index contributed by atoms with van der Waals surface area (Å²) in [5, 5.41) is 9.37. The number of H-pyrrole nitrogens is 1. The maximum Gasteiger partial charge on any atom is 0.349 e. The lowest BCUT2D eigenvalue weighted by atomic mass is 10.0. The summed E-state index contributed by atoms with van der Waals surface area (Å²) in [6.07, 6.45) is 0.316. The highest BCUT2D eigenvalue weighted by atomic mass is 16.5. The standard InChI is InChI=1S/C24H26N2O4/c1-13(2)19-9-7-18(8-10-19)11-20(12-25)24(29)30-17(6)23(28)22-14(3)21(16(5)27)15(4)26-22/h7-11,13,17,26H,1-6H3/b20-11+/t17-/m0/s1. The number of esters is 1. The van der Waals surface area contributed by atoms with Gasteiger partial charge >= 0.3 is 5.97 Å². The first-order valence-electron chi connectivity index (χ1n) is 9.73. The molecule has 0 aliphatic carbocycles. The number of nitriles is 1. The number of aromatic amines is 1. The van der Waals surface area contributed by atoms with Crippen LogP contribution in [0.1, 0.15) is 76.8 Å². The van der Waals surface area contributed by atoms with E-state index < -0.39 is 17.9 Å². The summed E-state index contributed by atoms with van der Waals surface area (Å²) >= 11 is 0. The fourth-order valence-corrected chi connectivity index (χ4v) is 3.29. The summed E-state index contributed by atoms with van der Waals surface area (Å²) in [5.41, 5.74) is 3.43. The zero-order valence-corrected chi connectivity index (χ0v) is 18.1. The molecule has 6 nitrogen and oxygen atoms in total. The molecule has 0 aliphatic rings. The van der Waals surface area contributed by atoms with Gasteiger partial charge in [-0.25, -0.2) is 4.79 Å². The van der Waals surface area contributed by atoms with E-state index in [1.807, 2.05) is 30.3 Å². The largest absolute Gasteiger partial charge is 0.450 e. The molecule has 0 unspecified atom stereocenters. The van der Waals surface area contributed by atoms with Crippen molar-refractivity contribution in [3.05, 3.63) is 63.5 Å². The van der Waals surface area contributed by atoms with Crippen LogP contribution in [0.25, 0.3) is 6.08 Å². The predicted octanol–water partition coefficient (Wildman–Crippen LogP) is 4.68. The third kappa shape index (κ3) is 4.93. The number of rotatable bonds is 7. The number of ketones is 2. The van der Waals surface area contributed by atoms with E-state index in [0.717, 1.165) is 5.56 Å². The van der Waals surface area contributed by atoms with Crippen molar-refractivity contribution in [1.29, 1.82) is 5.26 Å². The van der Waals surface area contributed by atoms with Crippen LogP contribution >= 0.6 is 0 Å². The summed E-state index contributed by atoms with van der Waals surface area (Å²) in [4.78, 5) is 39.8. The molecule has 2 aromatic rings. The van der Waals surface area contributed by atoms with Gasteiger partial charge in [-0.1, -0.05) is 38.1 Å². The fraction of sp³-hybridized carbons (Fsp3) is 0.333. The number of hydrogen-bond donors (Lipinski definition) is 1. The molecule has 0 radical (unpaired) electrons. The Morgan fingerprint density at radius 1 is 1.10 bits per heavy atom. The van der Waals surface area contributed by atoms with Gasteiger partial charge in [0.2, 0.25) is 5.78 Å². The maximum atomic E-state index is 12.7. The van der Waals surface area contributed by atoms with Crippen LogP contribution in [-0.2, 0) is 9.53 Å². The molecule has 0 aliphatic heterocycles. The Labute approximate surface area is 176 Å². The average Bonchev–Trinajstić information content (AvgIpc) is 2.99. The first-order chi connectivity index (χ1) is 14.1. The fourth-order valence-electron chi connectivity index (χ4n) is 3.29. The van der Waals surface area contributed by atoms with E-state index in [9.17, 15) is 19.6 Å². The van der Waals surface area contributed by atoms with Crippen LogP contribution in [-0.4, -0.2) is 28.6 Å². The number of carbonyl (C=O) groups excluding carboxylic acids is 3. The monoisotopic (exact) mass is 406 g/mol. The zero-order valence-electron chi connectivity index (χ0n) is 18.1. The van der Waals surface area contributed by atoms with E-state index in [1.54, 1.807) is 13.8 Å². The molecule has 30 heavy (non-hydrogen) atoms. The third-order valence-electron chi connectivity index (χ3n) is 4.94. The Morgan fingerprint density at radius 3 is 2.17 bits per heavy atom. The van der Waals surface area contributed by atoms with Crippen molar-refractivity contribution in [2.24, 2.45) is 0 Å². The number of carbonyl (C=O) groups is 3. The van der Waals surface area contributed by atoms with Crippen LogP contribution in [0.2, 0.25) is 0 Å². The van der Waals surface area contributed by atoms with E-state index in [-0.39, 0.29) is 17.1 Å². The molecule has 1 heterocycles. The highest BCUT2D eigenvalue weighted by Gasteiger charge is 2.27. The molecule has 0 fully saturated rings. The predicted molar refractivity (Wildman–Crippen MR) is 114 cm³/mol. The molecule has 6 heteroatoms. The summed E-state index contributed by atoms with van der Waals surface area (Å²) in [6, 6.07) is 9.35. The molecule has 0 saturated heterocycles. The molecule has 0 saturated carbocycles. The first kappa shape index (κ1) is 22.8. The Kier molecular flexibility index (Phi) is 7.12. The Hall–Kier alpha value is -3.46. The van der Waals surface area contributed by atoms with E-state index in [1.165, 1.54) is 19.9 Å². The van der Waals surface area contributed by atoms with Crippen molar-refractivity contribution < 1.29 is 19.1 Å². The second-order valence-electron chi connectivity index (χ2n) is 7.58. The molecule has 2 rings (SSSR count). The van der Waals surface area contributed by atoms with Crippen LogP contribution in [0.3, 0.4) is 0 Å². The number of aryl methyl sites for hydroxylation is 1. The summed E-state index contributed by atoms with van der Waals surface area (Å²) in [6.45, 7) is 10.4. The van der Waals surface area contributed by atoms with Gasteiger partial charge in [-0.3, -0.25) is 9.59 Å². The van der Waals surface area contributed by atoms with Crippen LogP contribution < -0.4 is 0 Å². The Morgan fingerprint density at radius 2 is 1.70 bits per heavy atom. The lowest BCUT2D eigenvalue weighted by molar-refractivity contribution is -0.141. The van der Waals surface area contributed by atoms with Crippen molar-refractivity contribution in [2.45, 2.75) is 53.6 Å². The number of hydrogen-bond acceptors (Lipinski definition) is 5. The van der Waals surface area contributed by atoms with E-state index in [4.69, 9.17) is 4.74 Å². The van der Waals surface area contributed by atoms with Gasteiger partial charge in [0.25, 0.3) is 0 Å². The van der Waals surface area contributed by atoms with Crippen molar-refractivity contribution in [1.82, 2.24) is 4.98 Å². The zero-order chi connectivity index (χ0) is 22.6. The number of nitrogens with one attached hydrogen (secondary N) is 1. The van der Waals surface area contributed by atoms with Crippen molar-refractivity contribution in [3.8, 4) is 6.07 Å². The van der Waals surface area contributed by atoms with Crippen LogP contribution in [0.4, 0.5) is 0 Å². The molecule has 0 spiro atoms. The molecule has 0 amide bonds. The number of benzene rings is 1. The van der Waals surface area contributed by atoms with Gasteiger partial charge in [0.05, 0.1) is 5.69 Å². The van der Waals surface area contributed by atoms with Gasteiger partial charge in [-0.05, 0) is 56.4 Å². The van der Waals surface area contributed by atoms with E-state index in [0.29, 0.717) is 28.3 Å². The number of ether oxygens (including phenoxy) is 1. The van der Waals surface area contributed by atoms with Crippen LogP contribution in [0.5, 0.6) is 0 Å². The first-order valence-corrected chi connectivity index (χ1v) is 9.73. The minimum absolute atomic E-state index is 0.150. The minimum Gasteiger partial charge on any atom is -0.450 e. The van der Waals surface area contributed by atoms with Gasteiger partial charge in [0.15, 0.2) is 11.9 Å². The smallest absolute Gasteiger partial charge is 0.349 e. The second kappa shape index (κ2) is 9.36. The lowest BCUT2D eigenvalue weighted by Gasteiger charge is -2.12. The highest BCUT2D eigenvalue weighted by molar-refractivity contribution is 6.06. The van der Waals surface area contributed by atoms with E-state index in [2.05, 4.69) is 18.8 Å². The summed E-state index contributed by atoms with van der Waals surface area (Å²) in [7, 11) is 0. The van der Waals surface area contributed by atoms with Gasteiger partial charge in [0, 0.05) is 11.3 Å². The van der Waals surface area contributed by atoms with E-state index >= 15 is 0 Å². The van der Waals surface area contributed by atoms with Crippen LogP contribution in [0, 0.1) is 25.2 Å². The molecular formula is C24H26N2O4. The summed E-state index contributed by atoms with van der Waals surface area (Å²) < 4.78 is 5.23. The average molecular weight is 406 g/mol. The van der Waals surface area contributed by atoms with Crippen molar-refractivity contribution in [3.63, 3.8) is 0 Å². The maximum absolute atomic E-state index is 12.7. The molecular weight excluding hydrogens is 380 g/mol. The van der Waals surface area contributed by atoms with Gasteiger partial charge < -0.3 is 9.72 Å². The number of Topliss-reactive ketones (excluding diaryl/α,β-unsaturated/α-hetero) is 2. The molecule has 1 atom stereocenters. The molecule has 1 aromatic heterocycles. The van der Waals surface area contributed by atoms with Crippen molar-refractivity contribution in [2.75, 3.05) is 0 Å². The topological polar surface area (TPSA) is 100 Å². The Bertz CT molecular complexity index is 1050. The quantitative estimate of drug-likeness (QED) is 0.311. The van der Waals surface area contributed by atoms with Crippen molar-refractivity contribution >= 4 is 23.6 Å². The molecule has 156 valence electrons. The molecule has 1 N–H and O–H groups in total. The number of aromatic nitrogens is 1. The lowest BCUT2D eigenvalue weighted by Crippen LogP contribution is -2.26. The SMILES string of the molecule is CC(=O)c1c(C)[nH]c(C(=O)[C@H](C)OC(=O)/C(C#N)=C/c2ccc(C(C)C)cc2)c1C. The third-order valence-corrected chi connectivity index (χ3v) is 4.94. The second-order valence-corrected chi connectivity index (χ2v) is 7.58. The molecule has 1 aromatic carbocycles. The van der Waals surface area contributed by atoms with Crippen LogP contribution in [0.15, 0.2) is 29.8 Å². The molecule has 0 bridgehead atoms. The summed E-state index contributed by atoms with van der Waals surface area (Å²) in [5.74, 6) is -1.11. The van der Waals surface area contributed by atoms with Gasteiger partial charge in [-0.2, -0.15) is 5.26 Å². The minimum atomic E-state index is -1.12. The normalized spacial score (nSPS) is 12.4. The number of nitrogens with zero attached hydrogens (tertiary/aromatic N) is 1.